The summed E-state index contributed by atoms with van der Waals surface area (Å²) >= 11 is 10.0. The Balaban J connectivity index is 2.30. The maximum Gasteiger partial charge on any atom is 0.168 e. The van der Waals surface area contributed by atoms with Crippen LogP contribution >= 0.6 is 24.2 Å². The molecule has 0 fully saturated rings. The number of aromatic nitrogens is 1. The summed E-state index contributed by atoms with van der Waals surface area (Å²) in [5.74, 6) is -0.544. The van der Waals surface area contributed by atoms with E-state index in [0.29, 0.717) is 21.6 Å². The number of nitrogens with zero attached hydrogens (tertiary/aromatic N) is 1. The van der Waals surface area contributed by atoms with E-state index in [4.69, 9.17) is 16.0 Å². The first-order valence-corrected chi connectivity index (χ1v) is 6.00. The summed E-state index contributed by atoms with van der Waals surface area (Å²) in [6.45, 7) is 0. The molecule has 0 bridgehead atoms. The van der Waals surface area contributed by atoms with Crippen LogP contribution in [0.4, 0.5) is 4.39 Å². The van der Waals surface area contributed by atoms with Gasteiger partial charge in [-0.25, -0.2) is 9.37 Å². The van der Waals surface area contributed by atoms with Crippen LogP contribution in [0.3, 0.4) is 0 Å². The number of benzene rings is 1. The second kappa shape index (κ2) is 4.30. The summed E-state index contributed by atoms with van der Waals surface area (Å²) in [5, 5.41) is 0.739. The van der Waals surface area contributed by atoms with Crippen molar-refractivity contribution in [1.82, 2.24) is 4.98 Å². The molecule has 0 amide bonds. The van der Waals surface area contributed by atoms with Crippen LogP contribution in [0.2, 0.25) is 5.15 Å². The van der Waals surface area contributed by atoms with Crippen molar-refractivity contribution in [1.29, 1.82) is 0 Å². The lowest BCUT2D eigenvalue weighted by atomic mass is 10.0. The molecular formula is C13H7ClFNOS. The maximum absolute atomic E-state index is 13.9. The predicted octanol–water partition coefficient (Wildman–Crippen LogP) is 4.58. The molecule has 0 aliphatic heterocycles. The van der Waals surface area contributed by atoms with Gasteiger partial charge in [0.2, 0.25) is 0 Å². The lowest BCUT2D eigenvalue weighted by molar-refractivity contribution is 0.614. The summed E-state index contributed by atoms with van der Waals surface area (Å²) in [6, 6.07) is 6.95. The first kappa shape index (κ1) is 11.6. The second-order valence-corrected chi connectivity index (χ2v) is 4.63. The third-order valence-corrected chi connectivity index (χ3v) is 3.34. The van der Waals surface area contributed by atoms with Gasteiger partial charge in [-0.15, -0.1) is 12.6 Å². The van der Waals surface area contributed by atoms with Gasteiger partial charge in [-0.05, 0) is 29.8 Å². The highest BCUT2D eigenvalue weighted by Gasteiger charge is 2.13. The van der Waals surface area contributed by atoms with Gasteiger partial charge in [0.1, 0.15) is 5.58 Å². The molecule has 0 atom stereocenters. The summed E-state index contributed by atoms with van der Waals surface area (Å²) in [6.07, 6.45) is 3.05. The molecule has 0 saturated heterocycles. The van der Waals surface area contributed by atoms with Gasteiger partial charge in [0.05, 0.1) is 6.26 Å². The van der Waals surface area contributed by atoms with E-state index in [1.807, 2.05) is 12.1 Å². The van der Waals surface area contributed by atoms with Gasteiger partial charge in [-0.3, -0.25) is 0 Å². The molecule has 2 aromatic heterocycles. The molecule has 1 aromatic carbocycles. The Bertz CT molecular complexity index is 741. The molecule has 2 heterocycles. The van der Waals surface area contributed by atoms with Gasteiger partial charge < -0.3 is 4.42 Å². The zero-order valence-corrected chi connectivity index (χ0v) is 10.7. The van der Waals surface area contributed by atoms with Crippen molar-refractivity contribution in [3.63, 3.8) is 0 Å². The number of fused-ring (bicyclic) bond motifs is 1. The summed E-state index contributed by atoms with van der Waals surface area (Å²) in [7, 11) is 0. The van der Waals surface area contributed by atoms with Gasteiger partial charge in [0.15, 0.2) is 11.0 Å². The van der Waals surface area contributed by atoms with E-state index >= 15 is 0 Å². The molecule has 3 aromatic rings. The number of furan rings is 1. The second-order valence-electron chi connectivity index (χ2n) is 3.79. The average molecular weight is 280 g/mol. The normalized spacial score (nSPS) is 11.1. The minimum atomic E-state index is -0.544. The topological polar surface area (TPSA) is 26.0 Å². The van der Waals surface area contributed by atoms with Crippen molar-refractivity contribution in [2.75, 3.05) is 0 Å². The van der Waals surface area contributed by atoms with Crippen LogP contribution in [0, 0.1) is 5.82 Å². The van der Waals surface area contributed by atoms with Crippen molar-refractivity contribution < 1.29 is 8.81 Å². The minimum Gasteiger partial charge on any atom is -0.464 e. The van der Waals surface area contributed by atoms with Crippen LogP contribution < -0.4 is 0 Å². The fraction of sp³-hybridized carbons (Fsp3) is 0. The minimum absolute atomic E-state index is 0.146. The molecule has 0 saturated carbocycles. The van der Waals surface area contributed by atoms with Crippen LogP contribution in [-0.4, -0.2) is 4.98 Å². The van der Waals surface area contributed by atoms with Crippen LogP contribution in [-0.2, 0) is 0 Å². The van der Waals surface area contributed by atoms with Crippen LogP contribution in [0.1, 0.15) is 0 Å². The van der Waals surface area contributed by atoms with Gasteiger partial charge in [0, 0.05) is 22.0 Å². The molecule has 3 rings (SSSR count). The van der Waals surface area contributed by atoms with E-state index in [1.54, 1.807) is 18.4 Å². The average Bonchev–Trinajstić information content (AvgIpc) is 2.79. The molecule has 0 aliphatic carbocycles. The molecule has 18 heavy (non-hydrogen) atoms. The number of hydrogen-bond donors (Lipinski definition) is 1. The largest absolute Gasteiger partial charge is 0.464 e. The van der Waals surface area contributed by atoms with Gasteiger partial charge >= 0.3 is 0 Å². The van der Waals surface area contributed by atoms with Crippen LogP contribution in [0.25, 0.3) is 22.1 Å². The first-order chi connectivity index (χ1) is 8.66. The highest BCUT2D eigenvalue weighted by molar-refractivity contribution is 7.80. The van der Waals surface area contributed by atoms with Crippen LogP contribution in [0.5, 0.6) is 0 Å². The van der Waals surface area contributed by atoms with E-state index in [1.165, 1.54) is 6.20 Å². The predicted molar refractivity (Wildman–Crippen MR) is 71.7 cm³/mol. The Hall–Kier alpha value is -1.52. The molecule has 0 radical (unpaired) electrons. The van der Waals surface area contributed by atoms with Gasteiger partial charge in [-0.2, -0.15) is 0 Å². The Morgan fingerprint density at radius 1 is 1.22 bits per heavy atom. The quantitative estimate of drug-likeness (QED) is 0.521. The maximum atomic E-state index is 13.9. The number of rotatable bonds is 1. The number of halogens is 2. The summed E-state index contributed by atoms with van der Waals surface area (Å²) in [5.41, 5.74) is 1.75. The Morgan fingerprint density at radius 2 is 2.06 bits per heavy atom. The molecule has 0 unspecified atom stereocenters. The zero-order valence-electron chi connectivity index (χ0n) is 9.02. The molecule has 0 aliphatic rings. The standard InChI is InChI=1S/C13H7ClFNOS/c14-13-12(15)8(1-3-16-13)9-5-7-2-4-17-10(7)6-11(9)18/h1-6,18H. The van der Waals surface area contributed by atoms with E-state index in [0.717, 1.165) is 5.39 Å². The molecule has 5 heteroatoms. The highest BCUT2D eigenvalue weighted by atomic mass is 35.5. The van der Waals surface area contributed by atoms with Crippen LogP contribution in [0.15, 0.2) is 46.0 Å². The molecule has 90 valence electrons. The lowest BCUT2D eigenvalue weighted by Gasteiger charge is -2.07. The van der Waals surface area contributed by atoms with Crippen molar-refractivity contribution >= 4 is 35.2 Å². The molecular weight excluding hydrogens is 273 g/mol. The highest BCUT2D eigenvalue weighted by Crippen LogP contribution is 2.34. The Morgan fingerprint density at radius 3 is 2.89 bits per heavy atom. The third kappa shape index (κ3) is 1.78. The molecule has 0 N–H and O–H groups in total. The van der Waals surface area contributed by atoms with Gasteiger partial charge in [-0.1, -0.05) is 11.6 Å². The van der Waals surface area contributed by atoms with Gasteiger partial charge in [0.25, 0.3) is 0 Å². The Kier molecular flexibility index (Phi) is 2.76. The SMILES string of the molecule is Fc1c(-c2cc3ccoc3cc2S)ccnc1Cl. The number of hydrogen-bond acceptors (Lipinski definition) is 3. The summed E-state index contributed by atoms with van der Waals surface area (Å²) < 4.78 is 19.2. The van der Waals surface area contributed by atoms with Crippen molar-refractivity contribution in [3.8, 4) is 11.1 Å². The van der Waals surface area contributed by atoms with E-state index in [-0.39, 0.29) is 5.15 Å². The van der Waals surface area contributed by atoms with Crippen molar-refractivity contribution in [2.45, 2.75) is 4.90 Å². The van der Waals surface area contributed by atoms with E-state index in [9.17, 15) is 4.39 Å². The third-order valence-electron chi connectivity index (χ3n) is 2.71. The lowest BCUT2D eigenvalue weighted by Crippen LogP contribution is -1.89. The molecule has 0 spiro atoms. The van der Waals surface area contributed by atoms with Crippen molar-refractivity contribution in [3.05, 3.63) is 47.7 Å². The fourth-order valence-corrected chi connectivity index (χ4v) is 2.30. The Labute approximate surface area is 113 Å². The van der Waals surface area contributed by atoms with E-state index < -0.39 is 5.82 Å². The molecule has 2 nitrogen and oxygen atoms in total. The smallest absolute Gasteiger partial charge is 0.168 e. The first-order valence-electron chi connectivity index (χ1n) is 5.17. The van der Waals surface area contributed by atoms with E-state index in [2.05, 4.69) is 17.6 Å². The number of pyridine rings is 1. The number of thiol groups is 1. The monoisotopic (exact) mass is 279 g/mol. The van der Waals surface area contributed by atoms with Crippen molar-refractivity contribution in [2.24, 2.45) is 0 Å². The zero-order chi connectivity index (χ0) is 12.7. The summed E-state index contributed by atoms with van der Waals surface area (Å²) in [4.78, 5) is 4.32. The fourth-order valence-electron chi connectivity index (χ4n) is 1.84.